The lowest BCUT2D eigenvalue weighted by Crippen LogP contribution is -2.21. The van der Waals surface area contributed by atoms with Crippen LogP contribution in [0.2, 0.25) is 0 Å². The Morgan fingerprint density at radius 3 is 2.82 bits per heavy atom. The van der Waals surface area contributed by atoms with Crippen molar-refractivity contribution in [3.8, 4) is 5.75 Å². The molecule has 0 saturated heterocycles. The molecule has 0 fully saturated rings. The molecular formula is C20H21N7O. The number of rotatable bonds is 6. The number of ether oxygens (including phenoxy) is 1. The summed E-state index contributed by atoms with van der Waals surface area (Å²) in [5.74, 6) is 2.06. The number of nitrogens with zero attached hydrogens (tertiary/aromatic N) is 6. The molecule has 0 aliphatic carbocycles. The first-order valence-corrected chi connectivity index (χ1v) is 9.09. The van der Waals surface area contributed by atoms with Crippen LogP contribution >= 0.6 is 0 Å². The quantitative estimate of drug-likeness (QED) is 0.707. The molecular weight excluding hydrogens is 354 g/mol. The molecule has 1 aromatic carbocycles. The van der Waals surface area contributed by atoms with Crippen molar-refractivity contribution in [2.45, 2.75) is 20.1 Å². The van der Waals surface area contributed by atoms with E-state index in [0.29, 0.717) is 37.3 Å². The van der Waals surface area contributed by atoms with Crippen molar-refractivity contribution < 1.29 is 4.74 Å². The van der Waals surface area contributed by atoms with Crippen LogP contribution in [0.5, 0.6) is 5.75 Å². The SMILES string of the molecule is CC1C=C(c2nnn(Cc3ccc(OCc4ccccn4)cc3)n2)C(N)=NC1. The Hall–Kier alpha value is -3.55. The molecule has 0 radical (unpaired) electrons. The third kappa shape index (κ3) is 4.22. The number of nitrogens with two attached hydrogens (primary N) is 1. The van der Waals surface area contributed by atoms with Crippen LogP contribution in [-0.2, 0) is 13.2 Å². The Balaban J connectivity index is 1.38. The summed E-state index contributed by atoms with van der Waals surface area (Å²) in [6.45, 7) is 3.72. The van der Waals surface area contributed by atoms with Crippen molar-refractivity contribution in [1.82, 2.24) is 25.2 Å². The van der Waals surface area contributed by atoms with Gasteiger partial charge in [-0.25, -0.2) is 0 Å². The van der Waals surface area contributed by atoms with Gasteiger partial charge in [0.2, 0.25) is 5.82 Å². The number of amidine groups is 1. The van der Waals surface area contributed by atoms with Gasteiger partial charge in [0, 0.05) is 12.7 Å². The van der Waals surface area contributed by atoms with Crippen molar-refractivity contribution >= 4 is 11.4 Å². The minimum atomic E-state index is 0.313. The summed E-state index contributed by atoms with van der Waals surface area (Å²) in [6, 6.07) is 13.6. The van der Waals surface area contributed by atoms with Gasteiger partial charge in [-0.05, 0) is 41.0 Å². The smallest absolute Gasteiger partial charge is 0.208 e. The topological polar surface area (TPSA) is 104 Å². The number of aliphatic imine (C=N–C) groups is 1. The number of tetrazole rings is 1. The van der Waals surface area contributed by atoms with Crippen molar-refractivity contribution in [1.29, 1.82) is 0 Å². The van der Waals surface area contributed by atoms with Crippen LogP contribution in [-0.4, -0.2) is 37.6 Å². The Morgan fingerprint density at radius 2 is 2.04 bits per heavy atom. The third-order valence-corrected chi connectivity index (χ3v) is 4.33. The molecule has 8 nitrogen and oxygen atoms in total. The van der Waals surface area contributed by atoms with E-state index in [1.165, 1.54) is 0 Å². The molecule has 0 spiro atoms. The predicted octanol–water partition coefficient (Wildman–Crippen LogP) is 2.09. The van der Waals surface area contributed by atoms with E-state index in [1.54, 1.807) is 11.0 Å². The predicted molar refractivity (Wildman–Crippen MR) is 106 cm³/mol. The van der Waals surface area contributed by atoms with Gasteiger partial charge in [-0.1, -0.05) is 31.2 Å². The summed E-state index contributed by atoms with van der Waals surface area (Å²) >= 11 is 0. The monoisotopic (exact) mass is 375 g/mol. The average Bonchev–Trinajstić information content (AvgIpc) is 3.18. The molecule has 4 rings (SSSR count). The maximum absolute atomic E-state index is 5.97. The highest BCUT2D eigenvalue weighted by Crippen LogP contribution is 2.18. The van der Waals surface area contributed by atoms with Gasteiger partial charge in [0.15, 0.2) is 0 Å². The summed E-state index contributed by atoms with van der Waals surface area (Å²) in [5, 5.41) is 12.7. The zero-order valence-electron chi connectivity index (χ0n) is 15.6. The fourth-order valence-corrected chi connectivity index (χ4v) is 2.85. The van der Waals surface area contributed by atoms with Crippen molar-refractivity contribution in [2.24, 2.45) is 16.6 Å². The Morgan fingerprint density at radius 1 is 1.18 bits per heavy atom. The lowest BCUT2D eigenvalue weighted by Gasteiger charge is -2.12. The number of pyridine rings is 1. The summed E-state index contributed by atoms with van der Waals surface area (Å²) < 4.78 is 5.76. The molecule has 0 saturated carbocycles. The van der Waals surface area contributed by atoms with Gasteiger partial charge < -0.3 is 10.5 Å². The second-order valence-electron chi connectivity index (χ2n) is 6.68. The van der Waals surface area contributed by atoms with E-state index in [-0.39, 0.29) is 0 Å². The van der Waals surface area contributed by atoms with Gasteiger partial charge in [-0.15, -0.1) is 10.2 Å². The molecule has 8 heteroatoms. The van der Waals surface area contributed by atoms with Gasteiger partial charge in [-0.2, -0.15) is 4.80 Å². The molecule has 1 atom stereocenters. The number of hydrogen-bond acceptors (Lipinski definition) is 7. The van der Waals surface area contributed by atoms with Crippen molar-refractivity contribution in [3.63, 3.8) is 0 Å². The van der Waals surface area contributed by atoms with E-state index in [4.69, 9.17) is 10.5 Å². The fraction of sp³-hybridized carbons (Fsp3) is 0.250. The van der Waals surface area contributed by atoms with E-state index in [9.17, 15) is 0 Å². The molecule has 142 valence electrons. The highest BCUT2D eigenvalue weighted by atomic mass is 16.5. The zero-order valence-corrected chi connectivity index (χ0v) is 15.6. The number of aromatic nitrogens is 5. The minimum absolute atomic E-state index is 0.313. The molecule has 28 heavy (non-hydrogen) atoms. The molecule has 0 amide bonds. The van der Waals surface area contributed by atoms with Gasteiger partial charge in [0.05, 0.1) is 17.8 Å². The number of dihydropyridines is 1. The standard InChI is InChI=1S/C20H21N7O/c1-14-10-18(19(21)23-11-14)20-24-26-27(25-20)12-15-5-7-17(8-6-15)28-13-16-4-2-3-9-22-16/h2-10,14H,11-13H2,1H3,(H2,21,23). The Bertz CT molecular complexity index is 993. The Labute approximate surface area is 162 Å². The summed E-state index contributed by atoms with van der Waals surface area (Å²) in [7, 11) is 0. The molecule has 0 bridgehead atoms. The normalized spacial score (nSPS) is 16.4. The van der Waals surface area contributed by atoms with Gasteiger partial charge in [0.25, 0.3) is 0 Å². The maximum atomic E-state index is 5.97. The molecule has 2 N–H and O–H groups in total. The number of hydrogen-bond donors (Lipinski definition) is 1. The van der Waals surface area contributed by atoms with Crippen LogP contribution in [0.1, 0.15) is 24.0 Å². The van der Waals surface area contributed by atoms with Gasteiger partial charge in [-0.3, -0.25) is 9.98 Å². The van der Waals surface area contributed by atoms with Crippen molar-refractivity contribution in [2.75, 3.05) is 6.54 Å². The lowest BCUT2D eigenvalue weighted by molar-refractivity contribution is 0.301. The molecule has 1 aliphatic heterocycles. The Kier molecular flexibility index (Phi) is 5.09. The van der Waals surface area contributed by atoms with Crippen LogP contribution in [0.4, 0.5) is 0 Å². The fourth-order valence-electron chi connectivity index (χ4n) is 2.85. The maximum Gasteiger partial charge on any atom is 0.208 e. The first kappa shape index (κ1) is 17.8. The summed E-state index contributed by atoms with van der Waals surface area (Å²) in [4.78, 5) is 10.1. The molecule has 3 heterocycles. The van der Waals surface area contributed by atoms with Gasteiger partial charge >= 0.3 is 0 Å². The highest BCUT2D eigenvalue weighted by Gasteiger charge is 2.18. The summed E-state index contributed by atoms with van der Waals surface area (Å²) in [5.41, 5.74) is 8.65. The van der Waals surface area contributed by atoms with Crippen LogP contribution in [0.15, 0.2) is 59.7 Å². The minimum Gasteiger partial charge on any atom is -0.487 e. The molecule has 1 unspecified atom stereocenters. The van der Waals surface area contributed by atoms with E-state index in [2.05, 4.69) is 32.3 Å². The molecule has 2 aromatic heterocycles. The van der Waals surface area contributed by atoms with Crippen LogP contribution in [0.3, 0.4) is 0 Å². The van der Waals surface area contributed by atoms with E-state index >= 15 is 0 Å². The second kappa shape index (κ2) is 7.99. The van der Waals surface area contributed by atoms with Crippen molar-refractivity contribution in [3.05, 3.63) is 71.8 Å². The first-order chi connectivity index (χ1) is 13.7. The third-order valence-electron chi connectivity index (χ3n) is 4.33. The number of benzene rings is 1. The van der Waals surface area contributed by atoms with E-state index < -0.39 is 0 Å². The van der Waals surface area contributed by atoms with Gasteiger partial charge in [0.1, 0.15) is 18.2 Å². The molecule has 1 aliphatic rings. The second-order valence-corrected chi connectivity index (χ2v) is 6.68. The average molecular weight is 375 g/mol. The zero-order chi connectivity index (χ0) is 19.3. The van der Waals surface area contributed by atoms with Crippen LogP contribution in [0, 0.1) is 5.92 Å². The van der Waals surface area contributed by atoms with E-state index in [0.717, 1.165) is 22.6 Å². The lowest BCUT2D eigenvalue weighted by atomic mass is 10.0. The largest absolute Gasteiger partial charge is 0.487 e. The van der Waals surface area contributed by atoms with E-state index in [1.807, 2.05) is 48.5 Å². The first-order valence-electron chi connectivity index (χ1n) is 9.09. The molecule has 3 aromatic rings. The van der Waals surface area contributed by atoms with Crippen LogP contribution in [0.25, 0.3) is 5.57 Å². The summed E-state index contributed by atoms with van der Waals surface area (Å²) in [6.07, 6.45) is 3.79. The highest BCUT2D eigenvalue weighted by molar-refractivity contribution is 6.21. The van der Waals surface area contributed by atoms with Crippen LogP contribution < -0.4 is 10.5 Å².